The Balaban J connectivity index is 2.47. The van der Waals surface area contributed by atoms with E-state index in [2.05, 4.69) is 0 Å². The summed E-state index contributed by atoms with van der Waals surface area (Å²) in [5, 5.41) is 18.3. The number of hydrogen-bond donors (Lipinski definition) is 2. The van der Waals surface area contributed by atoms with Crippen LogP contribution in [0.2, 0.25) is 0 Å². The van der Waals surface area contributed by atoms with E-state index in [9.17, 15) is 14.7 Å². The van der Waals surface area contributed by atoms with Crippen molar-refractivity contribution in [3.63, 3.8) is 0 Å². The van der Waals surface area contributed by atoms with Crippen molar-refractivity contribution in [2.75, 3.05) is 0 Å². The fraction of sp³-hybridized carbons (Fsp3) is 0.0556. The lowest BCUT2D eigenvalue weighted by molar-refractivity contribution is -0.113. The maximum absolute atomic E-state index is 12.3. The quantitative estimate of drug-likeness (QED) is 0.383. The van der Waals surface area contributed by atoms with E-state index in [1.54, 1.807) is 60.7 Å². The molecule has 0 aromatic heterocycles. The predicted octanol–water partition coefficient (Wildman–Crippen LogP) is 3.45. The van der Waals surface area contributed by atoms with Crippen molar-refractivity contribution < 1.29 is 14.7 Å². The monoisotopic (exact) mass is 293 g/mol. The summed E-state index contributed by atoms with van der Waals surface area (Å²) >= 11 is 0. The molecule has 0 atom stereocenters. The first kappa shape index (κ1) is 15.4. The van der Waals surface area contributed by atoms with Gasteiger partial charge in [-0.2, -0.15) is 0 Å². The SMILES string of the molecule is CC(=O)C(C(=N)C(=O)c1ccccc1)=C(O)c1ccccc1. The summed E-state index contributed by atoms with van der Waals surface area (Å²) in [5.41, 5.74) is -0.106. The Morgan fingerprint density at radius 3 is 1.77 bits per heavy atom. The molecule has 0 bridgehead atoms. The maximum atomic E-state index is 12.3. The fourth-order valence-electron chi connectivity index (χ4n) is 2.05. The molecule has 0 heterocycles. The molecule has 2 rings (SSSR count). The number of carbonyl (C=O) groups is 2. The highest BCUT2D eigenvalue weighted by atomic mass is 16.3. The largest absolute Gasteiger partial charge is 0.506 e. The van der Waals surface area contributed by atoms with Gasteiger partial charge in [-0.25, -0.2) is 0 Å². The van der Waals surface area contributed by atoms with Crippen LogP contribution in [-0.2, 0) is 4.79 Å². The van der Waals surface area contributed by atoms with E-state index < -0.39 is 17.3 Å². The van der Waals surface area contributed by atoms with E-state index in [4.69, 9.17) is 5.41 Å². The van der Waals surface area contributed by atoms with Crippen molar-refractivity contribution in [2.45, 2.75) is 6.92 Å². The summed E-state index contributed by atoms with van der Waals surface area (Å²) in [6.45, 7) is 1.22. The van der Waals surface area contributed by atoms with Crippen LogP contribution in [0.4, 0.5) is 0 Å². The van der Waals surface area contributed by atoms with Crippen molar-refractivity contribution in [1.29, 1.82) is 5.41 Å². The number of hydrogen-bond acceptors (Lipinski definition) is 4. The van der Waals surface area contributed by atoms with Gasteiger partial charge in [0.05, 0.1) is 5.57 Å². The van der Waals surface area contributed by atoms with Gasteiger partial charge in [-0.05, 0) is 6.92 Å². The highest BCUT2D eigenvalue weighted by Crippen LogP contribution is 2.19. The molecule has 0 unspecified atom stereocenters. The molecule has 4 heteroatoms. The lowest BCUT2D eigenvalue weighted by atomic mass is 9.95. The van der Waals surface area contributed by atoms with Gasteiger partial charge in [-0.3, -0.25) is 15.0 Å². The number of ketones is 2. The number of rotatable bonds is 5. The van der Waals surface area contributed by atoms with Gasteiger partial charge in [0.2, 0.25) is 5.78 Å². The van der Waals surface area contributed by atoms with Crippen molar-refractivity contribution in [3.8, 4) is 0 Å². The van der Waals surface area contributed by atoms with Gasteiger partial charge in [0.25, 0.3) is 0 Å². The summed E-state index contributed by atoms with van der Waals surface area (Å²) in [6, 6.07) is 16.6. The molecule has 0 saturated carbocycles. The van der Waals surface area contributed by atoms with Crippen molar-refractivity contribution in [1.82, 2.24) is 0 Å². The van der Waals surface area contributed by atoms with Gasteiger partial charge in [-0.15, -0.1) is 0 Å². The molecule has 22 heavy (non-hydrogen) atoms. The Morgan fingerprint density at radius 1 is 0.864 bits per heavy atom. The molecule has 0 saturated heterocycles. The summed E-state index contributed by atoms with van der Waals surface area (Å²) in [4.78, 5) is 24.1. The van der Waals surface area contributed by atoms with E-state index in [-0.39, 0.29) is 11.3 Å². The minimum atomic E-state index is -0.603. The van der Waals surface area contributed by atoms with Gasteiger partial charge in [0.15, 0.2) is 5.78 Å². The molecular weight excluding hydrogens is 278 g/mol. The maximum Gasteiger partial charge on any atom is 0.211 e. The zero-order valence-corrected chi connectivity index (χ0v) is 12.0. The number of aliphatic hydroxyl groups excluding tert-OH is 1. The second kappa shape index (κ2) is 6.63. The molecule has 110 valence electrons. The Morgan fingerprint density at radius 2 is 1.32 bits per heavy atom. The van der Waals surface area contributed by atoms with Crippen LogP contribution in [0.15, 0.2) is 66.2 Å². The van der Waals surface area contributed by atoms with E-state index >= 15 is 0 Å². The molecule has 0 aliphatic heterocycles. The molecular formula is C18H15NO3. The van der Waals surface area contributed by atoms with Crippen LogP contribution >= 0.6 is 0 Å². The molecule has 0 radical (unpaired) electrons. The van der Waals surface area contributed by atoms with Gasteiger partial charge < -0.3 is 5.11 Å². The normalized spacial score (nSPS) is 11.5. The third-order valence-corrected chi connectivity index (χ3v) is 3.15. The summed E-state index contributed by atoms with van der Waals surface area (Å²) < 4.78 is 0. The Labute approximate surface area is 128 Å². The van der Waals surface area contributed by atoms with Crippen LogP contribution in [0, 0.1) is 5.41 Å². The Hall–Kier alpha value is -3.01. The molecule has 4 nitrogen and oxygen atoms in total. The second-order valence-corrected chi connectivity index (χ2v) is 4.72. The van der Waals surface area contributed by atoms with Gasteiger partial charge in [-0.1, -0.05) is 60.7 Å². The summed E-state index contributed by atoms with van der Waals surface area (Å²) in [6.07, 6.45) is 0. The molecule has 0 aliphatic rings. The van der Waals surface area contributed by atoms with Crippen LogP contribution in [0.3, 0.4) is 0 Å². The standard InChI is InChI=1S/C18H15NO3/c1-12(20)15(17(21)13-8-4-2-5-9-13)16(19)18(22)14-10-6-3-7-11-14/h2-11,19,21H,1H3. The Kier molecular flexibility index (Phi) is 4.63. The first-order valence-electron chi connectivity index (χ1n) is 6.70. The third kappa shape index (κ3) is 3.17. The number of carbonyl (C=O) groups excluding carboxylic acids is 2. The summed E-state index contributed by atoms with van der Waals surface area (Å²) in [7, 11) is 0. The molecule has 2 aromatic rings. The number of aliphatic hydroxyl groups is 1. The average Bonchev–Trinajstić information content (AvgIpc) is 2.55. The van der Waals surface area contributed by atoms with E-state index in [0.29, 0.717) is 11.1 Å². The van der Waals surface area contributed by atoms with E-state index in [0.717, 1.165) is 0 Å². The summed E-state index contributed by atoms with van der Waals surface area (Å²) in [5.74, 6) is -1.49. The smallest absolute Gasteiger partial charge is 0.211 e. The number of Topliss-reactive ketones (excluding diaryl/α,β-unsaturated/α-hetero) is 2. The van der Waals surface area contributed by atoms with Gasteiger partial charge in [0, 0.05) is 11.1 Å². The molecule has 2 aromatic carbocycles. The first-order valence-corrected chi connectivity index (χ1v) is 6.70. The van der Waals surface area contributed by atoms with Gasteiger partial charge >= 0.3 is 0 Å². The molecule has 0 amide bonds. The minimum Gasteiger partial charge on any atom is -0.506 e. The number of allylic oxidation sites excluding steroid dienone is 1. The zero-order valence-electron chi connectivity index (χ0n) is 12.0. The zero-order chi connectivity index (χ0) is 16.1. The first-order chi connectivity index (χ1) is 10.5. The number of benzene rings is 2. The van der Waals surface area contributed by atoms with Crippen LogP contribution in [0.25, 0.3) is 5.76 Å². The van der Waals surface area contributed by atoms with Gasteiger partial charge in [0.1, 0.15) is 11.5 Å². The molecule has 0 fully saturated rings. The second-order valence-electron chi connectivity index (χ2n) is 4.72. The average molecular weight is 293 g/mol. The van der Waals surface area contributed by atoms with Crippen LogP contribution in [-0.4, -0.2) is 22.4 Å². The van der Waals surface area contributed by atoms with Crippen LogP contribution in [0.5, 0.6) is 0 Å². The topological polar surface area (TPSA) is 78.2 Å². The molecule has 2 N–H and O–H groups in total. The Bertz CT molecular complexity index is 746. The third-order valence-electron chi connectivity index (χ3n) is 3.15. The van der Waals surface area contributed by atoms with Crippen LogP contribution in [0.1, 0.15) is 22.8 Å². The van der Waals surface area contributed by atoms with Crippen molar-refractivity contribution >= 4 is 23.0 Å². The number of nitrogens with one attached hydrogen (secondary N) is 1. The highest BCUT2D eigenvalue weighted by Gasteiger charge is 2.24. The lowest BCUT2D eigenvalue weighted by Gasteiger charge is -2.09. The minimum absolute atomic E-state index is 0.278. The molecule has 0 spiro atoms. The van der Waals surface area contributed by atoms with Crippen molar-refractivity contribution in [3.05, 3.63) is 77.4 Å². The fourth-order valence-corrected chi connectivity index (χ4v) is 2.05. The predicted molar refractivity (Wildman–Crippen MR) is 85.2 cm³/mol. The highest BCUT2D eigenvalue weighted by molar-refractivity contribution is 6.56. The van der Waals surface area contributed by atoms with E-state index in [1.165, 1.54) is 6.92 Å². The van der Waals surface area contributed by atoms with Crippen LogP contribution < -0.4 is 0 Å². The molecule has 0 aliphatic carbocycles. The lowest BCUT2D eigenvalue weighted by Crippen LogP contribution is -2.21. The van der Waals surface area contributed by atoms with E-state index in [1.807, 2.05) is 0 Å². The van der Waals surface area contributed by atoms with Crippen molar-refractivity contribution in [2.24, 2.45) is 0 Å².